The van der Waals surface area contributed by atoms with Crippen LogP contribution in [-0.4, -0.2) is 98.8 Å². The van der Waals surface area contributed by atoms with Gasteiger partial charge in [-0.2, -0.15) is 15.1 Å². The number of rotatable bonds is 7. The number of likely N-dealkylation sites (tertiary alicyclic amines) is 1. The molecule has 13 heteroatoms. The molecule has 11 nitrogen and oxygen atoms in total. The van der Waals surface area contributed by atoms with Crippen molar-refractivity contribution >= 4 is 39.5 Å². The molecule has 3 aliphatic rings. The fraction of sp³-hybridized carbons (Fsp3) is 0.529. The summed E-state index contributed by atoms with van der Waals surface area (Å²) in [5, 5.41) is 12.4. The Morgan fingerprint density at radius 3 is 2.66 bits per heavy atom. The van der Waals surface area contributed by atoms with E-state index in [1.807, 2.05) is 57.1 Å². The standard InChI is InChI=1S/C34H41ClFN7O4/c1-18-6-11-25-24(13-38-41-25)28(18)22-9-10-23-29(26-14-37-15-27(35)43(26)33(44)47-34(2,3)4)39-32(40-30(23)31(22)46-21-7-8-21)45-17-20-12-19(36)16-42(20)5/h6,9-11,13,19-21,26-27,37H,7-8,12,14-17H2,1-5H3,(H,38,41)/t19-,20+,26?,27?/m1/s1. The lowest BCUT2D eigenvalue weighted by Crippen LogP contribution is -2.54. The minimum absolute atomic E-state index is 0.0569. The van der Waals surface area contributed by atoms with E-state index in [2.05, 4.69) is 28.5 Å². The highest BCUT2D eigenvalue weighted by Crippen LogP contribution is 2.45. The summed E-state index contributed by atoms with van der Waals surface area (Å²) in [4.78, 5) is 27.0. The molecule has 2 aliphatic heterocycles. The summed E-state index contributed by atoms with van der Waals surface area (Å²) in [5.74, 6) is 0.618. The predicted octanol–water partition coefficient (Wildman–Crippen LogP) is 5.89. The van der Waals surface area contributed by atoms with E-state index in [9.17, 15) is 9.18 Å². The van der Waals surface area contributed by atoms with Gasteiger partial charge < -0.3 is 19.5 Å². The lowest BCUT2D eigenvalue weighted by atomic mass is 9.94. The van der Waals surface area contributed by atoms with Crippen LogP contribution in [0.3, 0.4) is 0 Å². The van der Waals surface area contributed by atoms with Gasteiger partial charge in [0.2, 0.25) is 0 Å². The van der Waals surface area contributed by atoms with E-state index in [0.29, 0.717) is 48.4 Å². The van der Waals surface area contributed by atoms with Crippen LogP contribution in [0.15, 0.2) is 30.5 Å². The smallest absolute Gasteiger partial charge is 0.412 e. The maximum atomic E-state index is 14.2. The molecular formula is C34H41ClFN7O4. The number of nitrogens with one attached hydrogen (secondary N) is 2. The number of aryl methyl sites for hydroxylation is 1. The molecule has 47 heavy (non-hydrogen) atoms. The molecule has 2 saturated heterocycles. The Morgan fingerprint density at radius 1 is 1.13 bits per heavy atom. The zero-order valence-electron chi connectivity index (χ0n) is 27.3. The molecule has 4 heterocycles. The maximum Gasteiger partial charge on any atom is 0.412 e. The number of carbonyl (C=O) groups is 1. The third-order valence-electron chi connectivity index (χ3n) is 8.99. The zero-order valence-corrected chi connectivity index (χ0v) is 28.1. The molecule has 0 bridgehead atoms. The van der Waals surface area contributed by atoms with Crippen molar-refractivity contribution < 1.29 is 23.4 Å². The van der Waals surface area contributed by atoms with Gasteiger partial charge in [0.15, 0.2) is 5.75 Å². The number of aromatic nitrogens is 4. The molecular weight excluding hydrogens is 625 g/mol. The molecule has 7 rings (SSSR count). The molecule has 2 aromatic heterocycles. The molecule has 250 valence electrons. The number of piperazine rings is 1. The number of halogens is 2. The molecule has 4 aromatic rings. The number of benzene rings is 2. The summed E-state index contributed by atoms with van der Waals surface area (Å²) in [6, 6.07) is 7.49. The SMILES string of the molecule is Cc1ccc2[nH]ncc2c1-c1ccc2c(C3CNCC(Cl)N3C(=O)OC(C)(C)C)nc(OC[C@@H]3C[C@@H](F)CN3C)nc2c1OC1CC1. The second-order valence-electron chi connectivity index (χ2n) is 13.9. The van der Waals surface area contributed by atoms with Gasteiger partial charge in [0.05, 0.1) is 29.6 Å². The number of nitrogens with zero attached hydrogens (tertiary/aromatic N) is 5. The van der Waals surface area contributed by atoms with Gasteiger partial charge in [-0.15, -0.1) is 0 Å². The van der Waals surface area contributed by atoms with Crippen LogP contribution >= 0.6 is 11.6 Å². The number of hydrogen-bond donors (Lipinski definition) is 2. The first-order valence-electron chi connectivity index (χ1n) is 16.2. The summed E-state index contributed by atoms with van der Waals surface area (Å²) >= 11 is 6.81. The van der Waals surface area contributed by atoms with E-state index in [1.165, 1.54) is 0 Å². The summed E-state index contributed by atoms with van der Waals surface area (Å²) in [6.07, 6.45) is 2.70. The topological polar surface area (TPSA) is 118 Å². The monoisotopic (exact) mass is 665 g/mol. The number of likely N-dealkylation sites (N-methyl/N-ethyl adjacent to an activating group) is 1. The number of alkyl halides is 2. The van der Waals surface area contributed by atoms with Crippen LogP contribution in [0.5, 0.6) is 11.8 Å². The normalized spacial score (nSPS) is 23.9. The van der Waals surface area contributed by atoms with E-state index in [4.69, 9.17) is 35.8 Å². The Kier molecular flexibility index (Phi) is 8.38. The third kappa shape index (κ3) is 6.42. The highest BCUT2D eigenvalue weighted by atomic mass is 35.5. The Balaban J connectivity index is 1.41. The van der Waals surface area contributed by atoms with Gasteiger partial charge in [0.1, 0.15) is 29.4 Å². The average Bonchev–Trinajstić information content (AvgIpc) is 3.59. The van der Waals surface area contributed by atoms with Gasteiger partial charge >= 0.3 is 12.1 Å². The Bertz CT molecular complexity index is 1810. The predicted molar refractivity (Wildman–Crippen MR) is 178 cm³/mol. The van der Waals surface area contributed by atoms with Crippen LogP contribution in [0.4, 0.5) is 9.18 Å². The van der Waals surface area contributed by atoms with E-state index in [0.717, 1.165) is 40.4 Å². The molecule has 3 fully saturated rings. The first-order chi connectivity index (χ1) is 22.5. The number of fused-ring (bicyclic) bond motifs is 2. The van der Waals surface area contributed by atoms with Crippen molar-refractivity contribution in [3.63, 3.8) is 0 Å². The summed E-state index contributed by atoms with van der Waals surface area (Å²) < 4.78 is 33.0. The summed E-state index contributed by atoms with van der Waals surface area (Å²) in [6.45, 7) is 8.88. The van der Waals surface area contributed by atoms with Crippen molar-refractivity contribution in [1.82, 2.24) is 35.3 Å². The second-order valence-corrected chi connectivity index (χ2v) is 14.4. The van der Waals surface area contributed by atoms with Gasteiger partial charge in [-0.3, -0.25) is 14.9 Å². The van der Waals surface area contributed by atoms with E-state index < -0.39 is 29.4 Å². The largest absolute Gasteiger partial charge is 0.487 e. The van der Waals surface area contributed by atoms with Crippen molar-refractivity contribution in [2.45, 2.75) is 82.4 Å². The molecule has 1 aliphatic carbocycles. The molecule has 0 radical (unpaired) electrons. The number of aromatic amines is 1. The molecule has 2 aromatic carbocycles. The van der Waals surface area contributed by atoms with Crippen LogP contribution < -0.4 is 14.8 Å². The molecule has 1 saturated carbocycles. The molecule has 4 atom stereocenters. The summed E-state index contributed by atoms with van der Waals surface area (Å²) in [5.41, 5.74) is 3.56. The minimum Gasteiger partial charge on any atom is -0.487 e. The molecule has 2 N–H and O–H groups in total. The van der Waals surface area contributed by atoms with Gasteiger partial charge in [0.25, 0.3) is 0 Å². The van der Waals surface area contributed by atoms with Crippen LogP contribution in [0.1, 0.15) is 57.3 Å². The first kappa shape index (κ1) is 31.8. The Labute approximate surface area is 278 Å². The van der Waals surface area contributed by atoms with Crippen molar-refractivity contribution in [1.29, 1.82) is 0 Å². The van der Waals surface area contributed by atoms with E-state index in [-0.39, 0.29) is 24.8 Å². The fourth-order valence-corrected chi connectivity index (χ4v) is 6.86. The van der Waals surface area contributed by atoms with Crippen LogP contribution in [0.25, 0.3) is 32.9 Å². The van der Waals surface area contributed by atoms with Crippen LogP contribution in [0, 0.1) is 6.92 Å². The molecule has 2 unspecified atom stereocenters. The maximum absolute atomic E-state index is 14.2. The van der Waals surface area contributed by atoms with Crippen molar-refractivity contribution in [3.05, 3.63) is 41.7 Å². The van der Waals surface area contributed by atoms with Gasteiger partial charge in [0, 0.05) is 42.0 Å². The second kappa shape index (κ2) is 12.4. The quantitative estimate of drug-likeness (QED) is 0.184. The van der Waals surface area contributed by atoms with Crippen molar-refractivity contribution in [2.75, 3.05) is 33.3 Å². The van der Waals surface area contributed by atoms with Gasteiger partial charge in [-0.25, -0.2) is 9.18 Å². The van der Waals surface area contributed by atoms with Crippen LogP contribution in [-0.2, 0) is 4.74 Å². The highest BCUT2D eigenvalue weighted by Gasteiger charge is 2.40. The minimum atomic E-state index is -0.909. The number of carbonyl (C=O) groups excluding carboxylic acids is 1. The van der Waals surface area contributed by atoms with E-state index in [1.54, 1.807) is 4.90 Å². The van der Waals surface area contributed by atoms with Crippen molar-refractivity contribution in [3.8, 4) is 22.9 Å². The number of ether oxygens (including phenoxy) is 3. The number of amides is 1. The van der Waals surface area contributed by atoms with Crippen molar-refractivity contribution in [2.24, 2.45) is 0 Å². The molecule has 0 spiro atoms. The zero-order chi connectivity index (χ0) is 33.0. The highest BCUT2D eigenvalue weighted by molar-refractivity contribution is 6.21. The lowest BCUT2D eigenvalue weighted by Gasteiger charge is -2.40. The Hall–Kier alpha value is -3.74. The average molecular weight is 666 g/mol. The lowest BCUT2D eigenvalue weighted by molar-refractivity contribution is 0.00689. The summed E-state index contributed by atoms with van der Waals surface area (Å²) in [7, 11) is 1.89. The van der Waals surface area contributed by atoms with Gasteiger partial charge in [-0.05, 0) is 83.3 Å². The number of hydrogen-bond acceptors (Lipinski definition) is 9. The van der Waals surface area contributed by atoms with Crippen LogP contribution in [0.2, 0.25) is 0 Å². The van der Waals surface area contributed by atoms with E-state index >= 15 is 0 Å². The Morgan fingerprint density at radius 2 is 1.94 bits per heavy atom. The first-order valence-corrected chi connectivity index (χ1v) is 16.7. The molecule has 1 amide bonds. The van der Waals surface area contributed by atoms with Gasteiger partial charge in [-0.1, -0.05) is 17.7 Å². The number of H-pyrrole nitrogens is 1. The third-order valence-corrected chi connectivity index (χ3v) is 9.36. The fourth-order valence-electron chi connectivity index (χ4n) is 6.54.